The van der Waals surface area contributed by atoms with E-state index in [1.165, 1.54) is 16.9 Å². The summed E-state index contributed by atoms with van der Waals surface area (Å²) in [6.07, 6.45) is 1.97. The summed E-state index contributed by atoms with van der Waals surface area (Å²) in [6, 6.07) is 22.9. The number of benzene rings is 2. The topological polar surface area (TPSA) is 50.2 Å². The highest BCUT2D eigenvalue weighted by Gasteiger charge is 2.23. The first-order chi connectivity index (χ1) is 15.2. The molecule has 0 saturated carbocycles. The lowest BCUT2D eigenvalue weighted by Crippen LogP contribution is -2.44. The summed E-state index contributed by atoms with van der Waals surface area (Å²) >= 11 is 1.52. The second-order valence-corrected chi connectivity index (χ2v) is 9.20. The average Bonchev–Trinajstić information content (AvgIpc) is 3.37. The number of nitrogens with one attached hydrogen (secondary N) is 1. The van der Waals surface area contributed by atoms with Gasteiger partial charge in [0.1, 0.15) is 4.83 Å². The van der Waals surface area contributed by atoms with Crippen molar-refractivity contribution in [2.24, 2.45) is 0 Å². The van der Waals surface area contributed by atoms with Crippen LogP contribution in [0.3, 0.4) is 0 Å². The SMILES string of the molecule is Cc1nn(-c2ccccc2)c2sc(C(=O)NC3CCN(Cc4ccccc4)CC3)cc12. The van der Waals surface area contributed by atoms with Gasteiger partial charge in [0.2, 0.25) is 0 Å². The number of carbonyl (C=O) groups is 1. The number of likely N-dealkylation sites (tertiary alicyclic amines) is 1. The molecule has 1 aliphatic heterocycles. The fourth-order valence-electron chi connectivity index (χ4n) is 4.24. The van der Waals surface area contributed by atoms with Crippen LogP contribution in [0.15, 0.2) is 66.7 Å². The fraction of sp³-hybridized carbons (Fsp3) is 0.280. The van der Waals surface area contributed by atoms with Crippen molar-refractivity contribution >= 4 is 27.5 Å². The summed E-state index contributed by atoms with van der Waals surface area (Å²) in [5, 5.41) is 8.99. The molecule has 0 aliphatic carbocycles. The molecule has 158 valence electrons. The van der Waals surface area contributed by atoms with E-state index >= 15 is 0 Å². The average molecular weight is 431 g/mol. The highest BCUT2D eigenvalue weighted by molar-refractivity contribution is 7.20. The molecule has 1 N–H and O–H groups in total. The van der Waals surface area contributed by atoms with Crippen molar-refractivity contribution < 1.29 is 4.79 Å². The number of hydrogen-bond donors (Lipinski definition) is 1. The number of fused-ring (bicyclic) bond motifs is 1. The number of aryl methyl sites for hydroxylation is 1. The van der Waals surface area contributed by atoms with Crippen molar-refractivity contribution in [2.45, 2.75) is 32.4 Å². The van der Waals surface area contributed by atoms with Gasteiger partial charge in [0.15, 0.2) is 0 Å². The molecule has 0 radical (unpaired) electrons. The molecular weight excluding hydrogens is 404 g/mol. The van der Waals surface area contributed by atoms with Gasteiger partial charge in [-0.15, -0.1) is 11.3 Å². The molecule has 1 aliphatic rings. The maximum absolute atomic E-state index is 13.0. The van der Waals surface area contributed by atoms with Crippen molar-refractivity contribution in [2.75, 3.05) is 13.1 Å². The Balaban J connectivity index is 1.24. The Bertz CT molecular complexity index is 1170. The van der Waals surface area contributed by atoms with E-state index in [2.05, 4.69) is 45.6 Å². The van der Waals surface area contributed by atoms with Gasteiger partial charge in [-0.2, -0.15) is 5.10 Å². The van der Waals surface area contributed by atoms with Crippen LogP contribution in [-0.4, -0.2) is 39.7 Å². The lowest BCUT2D eigenvalue weighted by molar-refractivity contribution is 0.0913. The quantitative estimate of drug-likeness (QED) is 0.495. The predicted octanol–water partition coefficient (Wildman–Crippen LogP) is 4.79. The Labute approximate surface area is 186 Å². The highest BCUT2D eigenvalue weighted by atomic mass is 32.1. The molecule has 0 bridgehead atoms. The van der Waals surface area contributed by atoms with Crippen LogP contribution in [0.2, 0.25) is 0 Å². The molecule has 2 aromatic carbocycles. The number of para-hydroxylation sites is 1. The molecule has 5 rings (SSSR count). The maximum Gasteiger partial charge on any atom is 0.261 e. The van der Waals surface area contributed by atoms with Gasteiger partial charge in [0, 0.05) is 31.1 Å². The van der Waals surface area contributed by atoms with Crippen LogP contribution >= 0.6 is 11.3 Å². The summed E-state index contributed by atoms with van der Waals surface area (Å²) in [7, 11) is 0. The van der Waals surface area contributed by atoms with Crippen molar-refractivity contribution in [3.05, 3.63) is 82.9 Å². The Morgan fingerprint density at radius 2 is 1.74 bits per heavy atom. The molecule has 0 atom stereocenters. The summed E-state index contributed by atoms with van der Waals surface area (Å²) in [5.41, 5.74) is 3.31. The van der Waals surface area contributed by atoms with Gasteiger partial charge in [-0.3, -0.25) is 9.69 Å². The third-order valence-electron chi connectivity index (χ3n) is 5.94. The molecule has 1 amide bonds. The maximum atomic E-state index is 13.0. The third-order valence-corrected chi connectivity index (χ3v) is 7.05. The molecule has 31 heavy (non-hydrogen) atoms. The van der Waals surface area contributed by atoms with Gasteiger partial charge < -0.3 is 5.32 Å². The van der Waals surface area contributed by atoms with Crippen LogP contribution in [0, 0.1) is 6.92 Å². The number of thiophene rings is 1. The van der Waals surface area contributed by atoms with Gasteiger partial charge >= 0.3 is 0 Å². The zero-order valence-corrected chi connectivity index (χ0v) is 18.4. The van der Waals surface area contributed by atoms with Crippen LogP contribution in [0.4, 0.5) is 0 Å². The number of hydrogen-bond acceptors (Lipinski definition) is 4. The van der Waals surface area contributed by atoms with Gasteiger partial charge in [0.05, 0.1) is 16.3 Å². The van der Waals surface area contributed by atoms with Crippen LogP contribution in [0.25, 0.3) is 15.9 Å². The molecule has 6 heteroatoms. The number of rotatable bonds is 5. The van der Waals surface area contributed by atoms with Crippen molar-refractivity contribution in [3.8, 4) is 5.69 Å². The highest BCUT2D eigenvalue weighted by Crippen LogP contribution is 2.30. The van der Waals surface area contributed by atoms with Gasteiger partial charge in [-0.05, 0) is 43.5 Å². The Hall–Kier alpha value is -2.96. The molecule has 2 aromatic heterocycles. The molecule has 4 aromatic rings. The Morgan fingerprint density at radius 1 is 1.06 bits per heavy atom. The van der Waals surface area contributed by atoms with E-state index < -0.39 is 0 Å². The van der Waals surface area contributed by atoms with Crippen LogP contribution in [0.5, 0.6) is 0 Å². The monoisotopic (exact) mass is 430 g/mol. The zero-order valence-electron chi connectivity index (χ0n) is 17.6. The number of amides is 1. The van der Waals surface area contributed by atoms with Crippen LogP contribution in [0.1, 0.15) is 33.8 Å². The first-order valence-corrected chi connectivity index (χ1v) is 11.6. The number of nitrogens with zero attached hydrogens (tertiary/aromatic N) is 3. The van der Waals surface area contributed by atoms with E-state index in [1.807, 2.05) is 48.0 Å². The van der Waals surface area contributed by atoms with E-state index in [-0.39, 0.29) is 11.9 Å². The van der Waals surface area contributed by atoms with E-state index in [4.69, 9.17) is 0 Å². The number of aromatic nitrogens is 2. The van der Waals surface area contributed by atoms with E-state index in [0.717, 1.165) is 59.0 Å². The Kier molecular flexibility index (Phi) is 5.57. The molecule has 5 nitrogen and oxygen atoms in total. The molecule has 0 spiro atoms. The molecule has 0 unspecified atom stereocenters. The van der Waals surface area contributed by atoms with E-state index in [1.54, 1.807) is 0 Å². The first kappa shape index (κ1) is 20.0. The summed E-state index contributed by atoms with van der Waals surface area (Å²) < 4.78 is 1.94. The molecule has 1 saturated heterocycles. The summed E-state index contributed by atoms with van der Waals surface area (Å²) in [6.45, 7) is 4.99. The third kappa shape index (κ3) is 4.27. The molecule has 3 heterocycles. The number of piperidine rings is 1. The minimum Gasteiger partial charge on any atom is -0.349 e. The lowest BCUT2D eigenvalue weighted by atomic mass is 10.0. The normalized spacial score (nSPS) is 15.4. The minimum atomic E-state index is 0.0294. The number of carbonyl (C=O) groups excluding carboxylic acids is 1. The summed E-state index contributed by atoms with van der Waals surface area (Å²) in [4.78, 5) is 17.2. The molecular formula is C25H26N4OS. The van der Waals surface area contributed by atoms with Crippen LogP contribution in [-0.2, 0) is 6.54 Å². The van der Waals surface area contributed by atoms with E-state index in [9.17, 15) is 4.79 Å². The molecule has 1 fully saturated rings. The second kappa shape index (κ2) is 8.65. The standard InChI is InChI=1S/C25H26N4OS/c1-18-22-16-23(31-25(22)29(27-18)21-10-6-3-7-11-21)24(30)26-20-12-14-28(15-13-20)17-19-8-4-2-5-9-19/h2-11,16,20H,12-15,17H2,1H3,(H,26,30). The predicted molar refractivity (Wildman–Crippen MR) is 126 cm³/mol. The van der Waals surface area contributed by atoms with Crippen molar-refractivity contribution in [1.29, 1.82) is 0 Å². The first-order valence-electron chi connectivity index (χ1n) is 10.8. The largest absolute Gasteiger partial charge is 0.349 e. The smallest absolute Gasteiger partial charge is 0.261 e. The minimum absolute atomic E-state index is 0.0294. The zero-order chi connectivity index (χ0) is 21.2. The van der Waals surface area contributed by atoms with E-state index in [0.29, 0.717) is 0 Å². The fourth-order valence-corrected chi connectivity index (χ4v) is 5.32. The van der Waals surface area contributed by atoms with Gasteiger partial charge in [0.25, 0.3) is 5.91 Å². The lowest BCUT2D eigenvalue weighted by Gasteiger charge is -2.32. The van der Waals surface area contributed by atoms with Crippen molar-refractivity contribution in [3.63, 3.8) is 0 Å². The van der Waals surface area contributed by atoms with Crippen LogP contribution < -0.4 is 5.32 Å². The second-order valence-electron chi connectivity index (χ2n) is 8.17. The van der Waals surface area contributed by atoms with Gasteiger partial charge in [-0.25, -0.2) is 4.68 Å². The van der Waals surface area contributed by atoms with Gasteiger partial charge in [-0.1, -0.05) is 48.5 Å². The Morgan fingerprint density at radius 3 is 2.45 bits per heavy atom. The summed E-state index contributed by atoms with van der Waals surface area (Å²) in [5.74, 6) is 0.0294. The van der Waals surface area contributed by atoms with Crippen molar-refractivity contribution in [1.82, 2.24) is 20.0 Å².